The highest BCUT2D eigenvalue weighted by Gasteiger charge is 2.50. The van der Waals surface area contributed by atoms with Crippen molar-refractivity contribution < 1.29 is 9.53 Å². The zero-order chi connectivity index (χ0) is 15.6. The Morgan fingerprint density at radius 3 is 3.14 bits per heavy atom. The maximum absolute atomic E-state index is 11.9. The van der Waals surface area contributed by atoms with Gasteiger partial charge >= 0.3 is 5.97 Å². The minimum atomic E-state index is -0.594. The van der Waals surface area contributed by atoms with Gasteiger partial charge in [0.15, 0.2) is 5.60 Å². The quantitative estimate of drug-likeness (QED) is 0.423. The van der Waals surface area contributed by atoms with Crippen molar-refractivity contribution in [2.24, 2.45) is 0 Å². The van der Waals surface area contributed by atoms with E-state index in [0.717, 1.165) is 30.7 Å². The van der Waals surface area contributed by atoms with Crippen molar-refractivity contribution in [3.05, 3.63) is 23.3 Å². The van der Waals surface area contributed by atoms with Crippen LogP contribution in [0.15, 0.2) is 23.3 Å². The zero-order valence-electron chi connectivity index (χ0n) is 12.9. The Hall–Kier alpha value is -2.04. The molecule has 114 valence electrons. The third kappa shape index (κ3) is 2.56. The van der Waals surface area contributed by atoms with Crippen LogP contribution in [0.2, 0.25) is 0 Å². The molecule has 0 aliphatic carbocycles. The van der Waals surface area contributed by atoms with Gasteiger partial charge in [-0.05, 0) is 26.3 Å². The molecule has 0 saturated carbocycles. The normalized spacial score (nSPS) is 30.5. The molecule has 0 aromatic heterocycles. The Labute approximate surface area is 131 Å². The van der Waals surface area contributed by atoms with E-state index in [1.54, 1.807) is 6.08 Å². The molecule has 1 saturated heterocycles. The Balaban J connectivity index is 1.95. The number of hydrogen-bond donors (Lipinski definition) is 0. The lowest BCUT2D eigenvalue weighted by Crippen LogP contribution is -2.53. The van der Waals surface area contributed by atoms with E-state index < -0.39 is 5.60 Å². The topological polar surface area (TPSA) is 53.3 Å². The van der Waals surface area contributed by atoms with Crippen LogP contribution in [0.5, 0.6) is 0 Å². The minimum absolute atomic E-state index is 0.230. The van der Waals surface area contributed by atoms with Crippen LogP contribution in [0.1, 0.15) is 39.0 Å². The molecule has 3 rings (SSSR count). The first-order valence-corrected chi connectivity index (χ1v) is 7.90. The highest BCUT2D eigenvalue weighted by molar-refractivity contribution is 5.89. The molecule has 3 aliphatic rings. The third-order valence-corrected chi connectivity index (χ3v) is 4.76. The van der Waals surface area contributed by atoms with Gasteiger partial charge in [0.05, 0.1) is 12.1 Å². The van der Waals surface area contributed by atoms with Crippen LogP contribution >= 0.6 is 0 Å². The monoisotopic (exact) mass is 296 g/mol. The van der Waals surface area contributed by atoms with Crippen molar-refractivity contribution in [3.8, 4) is 17.9 Å². The van der Waals surface area contributed by atoms with E-state index in [4.69, 9.17) is 10.00 Å². The van der Waals surface area contributed by atoms with Crippen molar-refractivity contribution in [3.63, 3.8) is 0 Å². The second-order valence-corrected chi connectivity index (χ2v) is 6.17. The highest BCUT2D eigenvalue weighted by atomic mass is 16.6. The van der Waals surface area contributed by atoms with Gasteiger partial charge in [-0.1, -0.05) is 24.3 Å². The first-order valence-electron chi connectivity index (χ1n) is 7.90. The lowest BCUT2D eigenvalue weighted by atomic mass is 9.81. The number of carbonyl (C=O) groups excluding carboxylic acids is 1. The molecule has 0 aromatic carbocycles. The fourth-order valence-electron chi connectivity index (χ4n) is 3.69. The minimum Gasteiger partial charge on any atom is -0.450 e. The molecule has 0 amide bonds. The predicted octanol–water partition coefficient (Wildman–Crippen LogP) is 2.33. The SMILES string of the molecule is C[C@]12OC(=O)C=C1C(C#CCCC#N)=CCN1CCCC[C@@H]12. The van der Waals surface area contributed by atoms with E-state index in [-0.39, 0.29) is 12.0 Å². The summed E-state index contributed by atoms with van der Waals surface area (Å²) in [7, 11) is 0. The fourth-order valence-corrected chi connectivity index (χ4v) is 3.69. The van der Waals surface area contributed by atoms with E-state index in [9.17, 15) is 4.79 Å². The summed E-state index contributed by atoms with van der Waals surface area (Å²) in [6, 6.07) is 2.33. The molecule has 0 N–H and O–H groups in total. The zero-order valence-corrected chi connectivity index (χ0v) is 12.9. The summed E-state index contributed by atoms with van der Waals surface area (Å²) in [5.41, 5.74) is 1.21. The first kappa shape index (κ1) is 14.9. The summed E-state index contributed by atoms with van der Waals surface area (Å²) in [5.74, 6) is 5.93. The number of nitrogens with zero attached hydrogens (tertiary/aromatic N) is 2. The van der Waals surface area contributed by atoms with E-state index in [2.05, 4.69) is 28.9 Å². The van der Waals surface area contributed by atoms with Gasteiger partial charge in [0, 0.05) is 36.6 Å². The van der Waals surface area contributed by atoms with E-state index in [1.165, 1.54) is 12.8 Å². The van der Waals surface area contributed by atoms with Gasteiger partial charge in [-0.3, -0.25) is 4.90 Å². The van der Waals surface area contributed by atoms with Crippen LogP contribution in [0, 0.1) is 23.2 Å². The van der Waals surface area contributed by atoms with E-state index in [1.807, 2.05) is 6.92 Å². The number of nitriles is 1. The molecular formula is C18H20N2O2. The largest absolute Gasteiger partial charge is 0.450 e. The molecule has 2 atom stereocenters. The summed E-state index contributed by atoms with van der Waals surface area (Å²) >= 11 is 0. The number of piperidine rings is 1. The predicted molar refractivity (Wildman–Crippen MR) is 82.5 cm³/mol. The third-order valence-electron chi connectivity index (χ3n) is 4.76. The molecule has 4 nitrogen and oxygen atoms in total. The second kappa shape index (κ2) is 5.99. The number of unbranched alkanes of at least 4 members (excludes halogenated alkanes) is 1. The Bertz CT molecular complexity index is 644. The number of carbonyl (C=O) groups is 1. The number of hydrogen-bond acceptors (Lipinski definition) is 4. The van der Waals surface area contributed by atoms with Gasteiger partial charge < -0.3 is 4.74 Å². The lowest BCUT2D eigenvalue weighted by molar-refractivity contribution is -0.150. The fraction of sp³-hybridized carbons (Fsp3) is 0.556. The van der Waals surface area contributed by atoms with Crippen LogP contribution in [0.4, 0.5) is 0 Å². The highest BCUT2D eigenvalue weighted by Crippen LogP contribution is 2.42. The molecule has 0 spiro atoms. The Morgan fingerprint density at radius 2 is 2.32 bits per heavy atom. The van der Waals surface area contributed by atoms with Gasteiger partial charge in [-0.2, -0.15) is 5.26 Å². The average Bonchev–Trinajstić information content (AvgIpc) is 2.77. The summed E-state index contributed by atoms with van der Waals surface area (Å²) in [5, 5.41) is 8.60. The number of ether oxygens (including phenoxy) is 1. The Kier molecular flexibility index (Phi) is 4.05. The molecule has 0 aromatic rings. The van der Waals surface area contributed by atoms with Crippen LogP contribution < -0.4 is 0 Å². The molecule has 0 bridgehead atoms. The molecule has 22 heavy (non-hydrogen) atoms. The number of esters is 1. The van der Waals surface area contributed by atoms with Crippen LogP contribution in [0.25, 0.3) is 0 Å². The van der Waals surface area contributed by atoms with Gasteiger partial charge in [-0.25, -0.2) is 4.79 Å². The maximum Gasteiger partial charge on any atom is 0.332 e. The standard InChI is InChI=1S/C18H20N2O2/c1-18-15(13-17(21)22-18)14(7-3-2-5-10-19)9-12-20-11-6-4-8-16(18)20/h9,13,16H,2,4-6,8,11-12H2,1H3/t16-,18+/m1/s1. The van der Waals surface area contributed by atoms with Crippen molar-refractivity contribution >= 4 is 5.97 Å². The van der Waals surface area contributed by atoms with Crippen molar-refractivity contribution in [1.29, 1.82) is 5.26 Å². The maximum atomic E-state index is 11.9. The van der Waals surface area contributed by atoms with E-state index >= 15 is 0 Å². The summed E-state index contributed by atoms with van der Waals surface area (Å²) in [4.78, 5) is 14.3. The smallest absolute Gasteiger partial charge is 0.332 e. The van der Waals surface area contributed by atoms with Gasteiger partial charge in [0.2, 0.25) is 0 Å². The van der Waals surface area contributed by atoms with Crippen LogP contribution in [-0.2, 0) is 9.53 Å². The van der Waals surface area contributed by atoms with E-state index in [0.29, 0.717) is 12.8 Å². The van der Waals surface area contributed by atoms with Gasteiger partial charge in [0.25, 0.3) is 0 Å². The van der Waals surface area contributed by atoms with Gasteiger partial charge in [0.1, 0.15) is 0 Å². The number of rotatable bonds is 1. The molecule has 0 radical (unpaired) electrons. The average molecular weight is 296 g/mol. The number of fused-ring (bicyclic) bond motifs is 3. The molecule has 4 heteroatoms. The molecule has 1 fully saturated rings. The van der Waals surface area contributed by atoms with Crippen LogP contribution in [-0.4, -0.2) is 35.6 Å². The lowest BCUT2D eigenvalue weighted by Gasteiger charge is -2.43. The Morgan fingerprint density at radius 1 is 1.45 bits per heavy atom. The summed E-state index contributed by atoms with van der Waals surface area (Å²) in [6.07, 6.45) is 8.10. The summed E-state index contributed by atoms with van der Waals surface area (Å²) < 4.78 is 5.73. The van der Waals surface area contributed by atoms with Crippen molar-refractivity contribution in [2.75, 3.05) is 13.1 Å². The van der Waals surface area contributed by atoms with Gasteiger partial charge in [-0.15, -0.1) is 0 Å². The molecule has 3 heterocycles. The molecule has 0 unspecified atom stereocenters. The van der Waals surface area contributed by atoms with Crippen LogP contribution in [0.3, 0.4) is 0 Å². The van der Waals surface area contributed by atoms with Crippen molar-refractivity contribution in [1.82, 2.24) is 4.90 Å². The molecular weight excluding hydrogens is 276 g/mol. The summed E-state index contributed by atoms with van der Waals surface area (Å²) in [6.45, 7) is 3.90. The van der Waals surface area contributed by atoms with Crippen molar-refractivity contribution in [2.45, 2.75) is 50.7 Å². The second-order valence-electron chi connectivity index (χ2n) is 6.17. The molecule has 3 aliphatic heterocycles. The first-order chi connectivity index (χ1) is 10.6.